The Morgan fingerprint density at radius 3 is 2.78 bits per heavy atom. The molecule has 2 aromatic carbocycles. The van der Waals surface area contributed by atoms with Crippen molar-refractivity contribution in [2.75, 3.05) is 12.4 Å². The first kappa shape index (κ1) is 12.4. The SMILES string of the molecule is COc1cccc(CNc2cc(C)ccc2F)c1. The minimum Gasteiger partial charge on any atom is -0.497 e. The summed E-state index contributed by atoms with van der Waals surface area (Å²) in [6, 6.07) is 12.7. The highest BCUT2D eigenvalue weighted by Crippen LogP contribution is 2.18. The lowest BCUT2D eigenvalue weighted by Gasteiger charge is -2.09. The lowest BCUT2D eigenvalue weighted by molar-refractivity contribution is 0.414. The Bertz CT molecular complexity index is 540. The number of ether oxygens (including phenoxy) is 1. The monoisotopic (exact) mass is 245 g/mol. The van der Waals surface area contributed by atoms with Crippen LogP contribution in [0.2, 0.25) is 0 Å². The van der Waals surface area contributed by atoms with Crippen LogP contribution < -0.4 is 10.1 Å². The first-order chi connectivity index (χ1) is 8.69. The van der Waals surface area contributed by atoms with Crippen LogP contribution in [0.25, 0.3) is 0 Å². The molecule has 2 nitrogen and oxygen atoms in total. The smallest absolute Gasteiger partial charge is 0.146 e. The molecular weight excluding hydrogens is 229 g/mol. The maximum Gasteiger partial charge on any atom is 0.146 e. The second-order valence-electron chi connectivity index (χ2n) is 4.19. The van der Waals surface area contributed by atoms with E-state index in [-0.39, 0.29) is 5.82 Å². The molecule has 94 valence electrons. The zero-order valence-electron chi connectivity index (χ0n) is 10.5. The van der Waals surface area contributed by atoms with E-state index < -0.39 is 0 Å². The van der Waals surface area contributed by atoms with E-state index in [0.29, 0.717) is 12.2 Å². The van der Waals surface area contributed by atoms with Gasteiger partial charge in [-0.3, -0.25) is 0 Å². The maximum absolute atomic E-state index is 13.5. The Morgan fingerprint density at radius 1 is 1.17 bits per heavy atom. The number of hydrogen-bond donors (Lipinski definition) is 1. The Morgan fingerprint density at radius 2 is 2.00 bits per heavy atom. The number of aryl methyl sites for hydroxylation is 1. The molecule has 0 aliphatic carbocycles. The van der Waals surface area contributed by atoms with Crippen LogP contribution in [0.5, 0.6) is 5.75 Å². The standard InChI is InChI=1S/C15H16FNO/c1-11-6-7-14(16)15(8-11)17-10-12-4-3-5-13(9-12)18-2/h3-9,17H,10H2,1-2H3. The summed E-state index contributed by atoms with van der Waals surface area (Å²) in [6.07, 6.45) is 0. The predicted octanol–water partition coefficient (Wildman–Crippen LogP) is 3.75. The van der Waals surface area contributed by atoms with Crippen molar-refractivity contribution in [1.29, 1.82) is 0 Å². The first-order valence-corrected chi connectivity index (χ1v) is 5.82. The quantitative estimate of drug-likeness (QED) is 0.885. The molecule has 0 unspecified atom stereocenters. The van der Waals surface area contributed by atoms with Gasteiger partial charge in [0.15, 0.2) is 0 Å². The third kappa shape index (κ3) is 3.00. The summed E-state index contributed by atoms with van der Waals surface area (Å²) in [5, 5.41) is 3.09. The molecule has 2 rings (SSSR count). The molecule has 0 radical (unpaired) electrons. The van der Waals surface area contributed by atoms with Gasteiger partial charge in [0.25, 0.3) is 0 Å². The van der Waals surface area contributed by atoms with Crippen molar-refractivity contribution in [3.63, 3.8) is 0 Å². The predicted molar refractivity (Wildman–Crippen MR) is 71.5 cm³/mol. The highest BCUT2D eigenvalue weighted by atomic mass is 19.1. The van der Waals surface area contributed by atoms with Crippen molar-refractivity contribution in [1.82, 2.24) is 0 Å². The van der Waals surface area contributed by atoms with Crippen LogP contribution in [0, 0.1) is 12.7 Å². The van der Waals surface area contributed by atoms with Gasteiger partial charge >= 0.3 is 0 Å². The minimum absolute atomic E-state index is 0.233. The molecule has 0 spiro atoms. The molecule has 0 heterocycles. The van der Waals surface area contributed by atoms with E-state index in [0.717, 1.165) is 16.9 Å². The third-order valence-electron chi connectivity index (χ3n) is 2.74. The topological polar surface area (TPSA) is 21.3 Å². The van der Waals surface area contributed by atoms with Crippen LogP contribution in [0.3, 0.4) is 0 Å². The van der Waals surface area contributed by atoms with Crippen LogP contribution in [-0.4, -0.2) is 7.11 Å². The fourth-order valence-corrected chi connectivity index (χ4v) is 1.75. The molecule has 0 amide bonds. The van der Waals surface area contributed by atoms with Gasteiger partial charge in [0.2, 0.25) is 0 Å². The molecule has 0 bridgehead atoms. The molecule has 2 aromatic rings. The molecule has 3 heteroatoms. The molecule has 0 saturated carbocycles. The zero-order valence-corrected chi connectivity index (χ0v) is 10.5. The highest BCUT2D eigenvalue weighted by Gasteiger charge is 2.02. The van der Waals surface area contributed by atoms with Gasteiger partial charge in [0.1, 0.15) is 11.6 Å². The molecule has 0 aliphatic rings. The van der Waals surface area contributed by atoms with E-state index in [4.69, 9.17) is 4.74 Å². The van der Waals surface area contributed by atoms with Gasteiger partial charge < -0.3 is 10.1 Å². The van der Waals surface area contributed by atoms with Crippen molar-refractivity contribution in [3.8, 4) is 5.75 Å². The van der Waals surface area contributed by atoms with Gasteiger partial charge in [-0.05, 0) is 42.3 Å². The average Bonchev–Trinajstić information content (AvgIpc) is 2.40. The number of benzene rings is 2. The van der Waals surface area contributed by atoms with Crippen molar-refractivity contribution < 1.29 is 9.13 Å². The van der Waals surface area contributed by atoms with Gasteiger partial charge in [0.05, 0.1) is 12.8 Å². The van der Waals surface area contributed by atoms with Crippen LogP contribution in [0.1, 0.15) is 11.1 Å². The average molecular weight is 245 g/mol. The number of rotatable bonds is 4. The van der Waals surface area contributed by atoms with Crippen LogP contribution in [-0.2, 0) is 6.54 Å². The van der Waals surface area contributed by atoms with E-state index >= 15 is 0 Å². The third-order valence-corrected chi connectivity index (χ3v) is 2.74. The number of anilines is 1. The van der Waals surface area contributed by atoms with E-state index in [1.807, 2.05) is 31.2 Å². The Kier molecular flexibility index (Phi) is 3.82. The lowest BCUT2D eigenvalue weighted by Crippen LogP contribution is -2.02. The summed E-state index contributed by atoms with van der Waals surface area (Å²) in [4.78, 5) is 0. The molecule has 0 atom stereocenters. The summed E-state index contributed by atoms with van der Waals surface area (Å²) >= 11 is 0. The Balaban J connectivity index is 2.08. The van der Waals surface area contributed by atoms with E-state index in [1.165, 1.54) is 6.07 Å². The van der Waals surface area contributed by atoms with Gasteiger partial charge in [-0.15, -0.1) is 0 Å². The fraction of sp³-hybridized carbons (Fsp3) is 0.200. The molecule has 0 aromatic heterocycles. The second-order valence-corrected chi connectivity index (χ2v) is 4.19. The zero-order chi connectivity index (χ0) is 13.0. The highest BCUT2D eigenvalue weighted by molar-refractivity contribution is 5.47. The van der Waals surface area contributed by atoms with Crippen LogP contribution in [0.15, 0.2) is 42.5 Å². The van der Waals surface area contributed by atoms with Crippen LogP contribution in [0.4, 0.5) is 10.1 Å². The lowest BCUT2D eigenvalue weighted by atomic mass is 10.2. The molecular formula is C15H16FNO. The normalized spacial score (nSPS) is 10.2. The first-order valence-electron chi connectivity index (χ1n) is 5.82. The maximum atomic E-state index is 13.5. The van der Waals surface area contributed by atoms with Crippen molar-refractivity contribution in [3.05, 3.63) is 59.4 Å². The molecule has 0 fully saturated rings. The summed E-state index contributed by atoms with van der Waals surface area (Å²) in [5.41, 5.74) is 2.61. The van der Waals surface area contributed by atoms with Gasteiger partial charge in [-0.25, -0.2) is 4.39 Å². The Labute approximate surface area is 106 Å². The number of halogens is 1. The molecule has 18 heavy (non-hydrogen) atoms. The van der Waals surface area contributed by atoms with E-state index in [1.54, 1.807) is 19.2 Å². The summed E-state index contributed by atoms with van der Waals surface area (Å²) < 4.78 is 18.7. The summed E-state index contributed by atoms with van der Waals surface area (Å²) in [5.74, 6) is 0.572. The Hall–Kier alpha value is -2.03. The molecule has 1 N–H and O–H groups in total. The van der Waals surface area contributed by atoms with Crippen LogP contribution >= 0.6 is 0 Å². The van der Waals surface area contributed by atoms with E-state index in [9.17, 15) is 4.39 Å². The molecule has 0 aliphatic heterocycles. The number of hydrogen-bond acceptors (Lipinski definition) is 2. The van der Waals surface area contributed by atoms with Crippen molar-refractivity contribution >= 4 is 5.69 Å². The largest absolute Gasteiger partial charge is 0.497 e. The van der Waals surface area contributed by atoms with E-state index in [2.05, 4.69) is 5.32 Å². The summed E-state index contributed by atoms with van der Waals surface area (Å²) in [6.45, 7) is 2.51. The molecule has 0 saturated heterocycles. The number of nitrogens with one attached hydrogen (secondary N) is 1. The number of methoxy groups -OCH3 is 1. The van der Waals surface area contributed by atoms with Gasteiger partial charge in [0, 0.05) is 6.54 Å². The fourth-order valence-electron chi connectivity index (χ4n) is 1.75. The second kappa shape index (κ2) is 5.54. The van der Waals surface area contributed by atoms with Crippen molar-refractivity contribution in [2.45, 2.75) is 13.5 Å². The van der Waals surface area contributed by atoms with Crippen molar-refractivity contribution in [2.24, 2.45) is 0 Å². The summed E-state index contributed by atoms with van der Waals surface area (Å²) in [7, 11) is 1.63. The van der Waals surface area contributed by atoms with Gasteiger partial charge in [-0.2, -0.15) is 0 Å². The minimum atomic E-state index is -0.233. The van der Waals surface area contributed by atoms with Gasteiger partial charge in [-0.1, -0.05) is 18.2 Å².